The first-order valence-corrected chi connectivity index (χ1v) is 10.9. The Kier molecular flexibility index (Phi) is 7.84. The standard InChI is InChI=1S/C25H32N4O4/c1-18-6-7-19(16-26-18)12-13-29(31)14-15-32-21-10-8-20(9-11-21)22-17-33-23(27-22)25(2,3)24(30)28(4)5/h6-11,16-17,31H,12-15H2,1-5H3. The molecule has 0 radical (unpaired) electrons. The Morgan fingerprint density at radius 1 is 1.12 bits per heavy atom. The molecule has 0 saturated heterocycles. The van der Waals surface area contributed by atoms with Crippen LogP contribution in [0, 0.1) is 6.92 Å². The van der Waals surface area contributed by atoms with Crippen LogP contribution in [0.4, 0.5) is 0 Å². The highest BCUT2D eigenvalue weighted by molar-refractivity contribution is 5.86. The average Bonchev–Trinajstić information content (AvgIpc) is 3.30. The number of hydroxylamine groups is 2. The quantitative estimate of drug-likeness (QED) is 0.469. The second-order valence-electron chi connectivity index (χ2n) is 8.75. The van der Waals surface area contributed by atoms with Gasteiger partial charge in [0.15, 0.2) is 0 Å². The number of aromatic nitrogens is 2. The smallest absolute Gasteiger partial charge is 0.237 e. The van der Waals surface area contributed by atoms with Crippen molar-refractivity contribution in [2.75, 3.05) is 33.8 Å². The van der Waals surface area contributed by atoms with Crippen LogP contribution in [0.2, 0.25) is 0 Å². The summed E-state index contributed by atoms with van der Waals surface area (Å²) in [5.41, 5.74) is 2.73. The molecule has 3 rings (SSSR count). The number of rotatable bonds is 10. The van der Waals surface area contributed by atoms with E-state index in [2.05, 4.69) is 9.97 Å². The lowest BCUT2D eigenvalue weighted by atomic mass is 9.91. The van der Waals surface area contributed by atoms with E-state index in [0.29, 0.717) is 37.0 Å². The fourth-order valence-electron chi connectivity index (χ4n) is 3.35. The summed E-state index contributed by atoms with van der Waals surface area (Å²) in [5, 5.41) is 11.3. The molecule has 0 bridgehead atoms. The van der Waals surface area contributed by atoms with Crippen LogP contribution in [-0.2, 0) is 16.6 Å². The number of aryl methyl sites for hydroxylation is 1. The molecule has 2 heterocycles. The van der Waals surface area contributed by atoms with Crippen LogP contribution < -0.4 is 4.74 Å². The van der Waals surface area contributed by atoms with Crippen LogP contribution in [0.15, 0.2) is 53.3 Å². The number of pyridine rings is 1. The first-order valence-electron chi connectivity index (χ1n) is 10.9. The van der Waals surface area contributed by atoms with Gasteiger partial charge in [0.05, 0.1) is 6.54 Å². The lowest BCUT2D eigenvalue weighted by Crippen LogP contribution is -2.39. The topological polar surface area (TPSA) is 91.9 Å². The number of benzene rings is 1. The Labute approximate surface area is 194 Å². The Morgan fingerprint density at radius 2 is 1.85 bits per heavy atom. The monoisotopic (exact) mass is 452 g/mol. The van der Waals surface area contributed by atoms with Crippen molar-refractivity contribution in [3.05, 3.63) is 66.0 Å². The highest BCUT2D eigenvalue weighted by Gasteiger charge is 2.36. The van der Waals surface area contributed by atoms with Gasteiger partial charge in [0, 0.05) is 38.1 Å². The number of nitrogens with zero attached hydrogens (tertiary/aromatic N) is 4. The molecule has 1 amide bonds. The van der Waals surface area contributed by atoms with Crippen molar-refractivity contribution in [1.29, 1.82) is 0 Å². The van der Waals surface area contributed by atoms with Crippen molar-refractivity contribution in [2.45, 2.75) is 32.6 Å². The van der Waals surface area contributed by atoms with Crippen molar-refractivity contribution in [3.63, 3.8) is 0 Å². The van der Waals surface area contributed by atoms with Gasteiger partial charge in [0.25, 0.3) is 0 Å². The molecule has 0 aliphatic rings. The highest BCUT2D eigenvalue weighted by atomic mass is 16.5. The second-order valence-corrected chi connectivity index (χ2v) is 8.75. The minimum atomic E-state index is -0.850. The molecule has 0 unspecified atom stereocenters. The molecule has 8 heteroatoms. The number of likely N-dealkylation sites (N-methyl/N-ethyl adjacent to an activating group) is 1. The maximum Gasteiger partial charge on any atom is 0.237 e. The molecular formula is C25H32N4O4. The molecule has 8 nitrogen and oxygen atoms in total. The summed E-state index contributed by atoms with van der Waals surface area (Å²) in [5.74, 6) is 0.996. The number of ether oxygens (including phenoxy) is 1. The SMILES string of the molecule is Cc1ccc(CCN(O)CCOc2ccc(-c3coc(C(C)(C)C(=O)N(C)C)n3)cc2)cn1. The molecule has 0 aliphatic carbocycles. The third-order valence-corrected chi connectivity index (χ3v) is 5.38. The molecule has 0 atom stereocenters. The van der Waals surface area contributed by atoms with Gasteiger partial charge in [-0.05, 0) is 63.1 Å². The average molecular weight is 453 g/mol. The molecule has 0 spiro atoms. The maximum atomic E-state index is 12.4. The van der Waals surface area contributed by atoms with E-state index in [1.807, 2.05) is 49.5 Å². The van der Waals surface area contributed by atoms with Gasteiger partial charge in [0.2, 0.25) is 11.8 Å². The zero-order valence-electron chi connectivity index (χ0n) is 19.9. The molecule has 2 aromatic heterocycles. The summed E-state index contributed by atoms with van der Waals surface area (Å²) in [6.45, 7) is 6.80. The molecule has 1 N–H and O–H groups in total. The third kappa shape index (κ3) is 6.40. The first-order chi connectivity index (χ1) is 15.7. The van der Waals surface area contributed by atoms with Crippen LogP contribution in [-0.4, -0.2) is 64.8 Å². The normalized spacial score (nSPS) is 11.6. The van der Waals surface area contributed by atoms with E-state index in [1.165, 1.54) is 9.96 Å². The molecule has 1 aromatic carbocycles. The summed E-state index contributed by atoms with van der Waals surface area (Å²) in [6, 6.07) is 11.5. The van der Waals surface area contributed by atoms with Crippen molar-refractivity contribution >= 4 is 5.91 Å². The Hall–Kier alpha value is -3.23. The van der Waals surface area contributed by atoms with E-state index in [0.717, 1.165) is 23.2 Å². The van der Waals surface area contributed by atoms with E-state index in [1.54, 1.807) is 34.2 Å². The van der Waals surface area contributed by atoms with Gasteiger partial charge in [-0.2, -0.15) is 5.06 Å². The molecule has 33 heavy (non-hydrogen) atoms. The van der Waals surface area contributed by atoms with Crippen LogP contribution in [0.5, 0.6) is 5.75 Å². The van der Waals surface area contributed by atoms with E-state index in [-0.39, 0.29) is 5.91 Å². The minimum absolute atomic E-state index is 0.0758. The summed E-state index contributed by atoms with van der Waals surface area (Å²) >= 11 is 0. The third-order valence-electron chi connectivity index (χ3n) is 5.38. The van der Waals surface area contributed by atoms with E-state index >= 15 is 0 Å². The van der Waals surface area contributed by atoms with Gasteiger partial charge in [-0.15, -0.1) is 0 Å². The zero-order chi connectivity index (χ0) is 24.0. The van der Waals surface area contributed by atoms with E-state index in [4.69, 9.17) is 9.15 Å². The summed E-state index contributed by atoms with van der Waals surface area (Å²) in [4.78, 5) is 22.7. The van der Waals surface area contributed by atoms with Gasteiger partial charge >= 0.3 is 0 Å². The lowest BCUT2D eigenvalue weighted by molar-refractivity contribution is -0.134. The number of hydrogen-bond acceptors (Lipinski definition) is 7. The summed E-state index contributed by atoms with van der Waals surface area (Å²) in [6.07, 6.45) is 4.11. The maximum absolute atomic E-state index is 12.4. The van der Waals surface area contributed by atoms with Crippen LogP contribution in [0.3, 0.4) is 0 Å². The zero-order valence-corrected chi connectivity index (χ0v) is 19.9. The van der Waals surface area contributed by atoms with Gasteiger partial charge in [-0.1, -0.05) is 6.07 Å². The fourth-order valence-corrected chi connectivity index (χ4v) is 3.35. The number of amides is 1. The number of oxazole rings is 1. The molecular weight excluding hydrogens is 420 g/mol. The lowest BCUT2D eigenvalue weighted by Gasteiger charge is -2.23. The number of carbonyl (C=O) groups excluding carboxylic acids is 1. The molecule has 0 aliphatic heterocycles. The van der Waals surface area contributed by atoms with Crippen molar-refractivity contribution in [3.8, 4) is 17.0 Å². The predicted molar refractivity (Wildman–Crippen MR) is 125 cm³/mol. The molecule has 176 valence electrons. The fraction of sp³-hybridized carbons (Fsp3) is 0.400. The number of hydrogen-bond donors (Lipinski definition) is 1. The largest absolute Gasteiger partial charge is 0.492 e. The van der Waals surface area contributed by atoms with Crippen LogP contribution in [0.25, 0.3) is 11.3 Å². The Bertz CT molecular complexity index is 1040. The van der Waals surface area contributed by atoms with Gasteiger partial charge in [0.1, 0.15) is 29.7 Å². The van der Waals surface area contributed by atoms with Crippen molar-refractivity contribution < 1.29 is 19.2 Å². The van der Waals surface area contributed by atoms with E-state index < -0.39 is 5.41 Å². The Balaban J connectivity index is 1.49. The second kappa shape index (κ2) is 10.6. The molecule has 0 fully saturated rings. The Morgan fingerprint density at radius 3 is 2.48 bits per heavy atom. The van der Waals surface area contributed by atoms with Gasteiger partial charge < -0.3 is 19.3 Å². The highest BCUT2D eigenvalue weighted by Crippen LogP contribution is 2.28. The molecule has 3 aromatic rings. The van der Waals surface area contributed by atoms with Crippen LogP contribution in [0.1, 0.15) is 31.0 Å². The van der Waals surface area contributed by atoms with Crippen molar-refractivity contribution in [2.24, 2.45) is 0 Å². The van der Waals surface area contributed by atoms with E-state index in [9.17, 15) is 10.0 Å². The minimum Gasteiger partial charge on any atom is -0.492 e. The summed E-state index contributed by atoms with van der Waals surface area (Å²) < 4.78 is 11.4. The number of carbonyl (C=O) groups is 1. The molecule has 0 saturated carbocycles. The first kappa shape index (κ1) is 24.4. The van der Waals surface area contributed by atoms with Gasteiger partial charge in [-0.3, -0.25) is 9.78 Å². The predicted octanol–water partition coefficient (Wildman–Crippen LogP) is 3.72. The van der Waals surface area contributed by atoms with Crippen molar-refractivity contribution in [1.82, 2.24) is 19.9 Å². The summed E-state index contributed by atoms with van der Waals surface area (Å²) in [7, 11) is 3.43. The van der Waals surface area contributed by atoms with Crippen LogP contribution >= 0.6 is 0 Å². The van der Waals surface area contributed by atoms with Gasteiger partial charge in [-0.25, -0.2) is 4.98 Å².